The molecule has 0 aliphatic carbocycles. The van der Waals surface area contributed by atoms with E-state index in [0.29, 0.717) is 28.2 Å². The second kappa shape index (κ2) is 9.21. The van der Waals surface area contributed by atoms with Gasteiger partial charge in [0.25, 0.3) is 0 Å². The number of anilines is 2. The summed E-state index contributed by atoms with van der Waals surface area (Å²) < 4.78 is 0.804. The van der Waals surface area contributed by atoms with Gasteiger partial charge in [-0.25, -0.2) is 15.0 Å². The Bertz CT molecular complexity index is 1070. The molecule has 8 heteroatoms. The molecular formula is C21H21N5OS2. The van der Waals surface area contributed by atoms with E-state index in [1.165, 1.54) is 16.9 Å². The van der Waals surface area contributed by atoms with Crippen LogP contribution in [0.5, 0.6) is 0 Å². The average molecular weight is 424 g/mol. The van der Waals surface area contributed by atoms with Gasteiger partial charge in [-0.2, -0.15) is 0 Å². The number of nitrogens with zero attached hydrogens (tertiary/aromatic N) is 3. The van der Waals surface area contributed by atoms with Gasteiger partial charge in [0, 0.05) is 5.75 Å². The van der Waals surface area contributed by atoms with Gasteiger partial charge in [-0.1, -0.05) is 83.8 Å². The van der Waals surface area contributed by atoms with Crippen molar-refractivity contribution in [2.45, 2.75) is 23.4 Å². The summed E-state index contributed by atoms with van der Waals surface area (Å²) in [6, 6.07) is 20.1. The van der Waals surface area contributed by atoms with E-state index in [-0.39, 0.29) is 12.6 Å². The van der Waals surface area contributed by atoms with Gasteiger partial charge in [0.05, 0.1) is 12.6 Å². The van der Waals surface area contributed by atoms with Crippen LogP contribution in [0.1, 0.15) is 11.1 Å². The Balaban J connectivity index is 1.58. The smallest absolute Gasteiger partial charge is 0.191 e. The summed E-state index contributed by atoms with van der Waals surface area (Å²) in [6.45, 7) is -0.0127. The Hall–Kier alpha value is -2.68. The monoisotopic (exact) mass is 423 g/mol. The van der Waals surface area contributed by atoms with Gasteiger partial charge < -0.3 is 16.2 Å². The molecule has 148 valence electrons. The molecule has 0 bridgehead atoms. The predicted octanol–water partition coefficient (Wildman–Crippen LogP) is 3.98. The number of thiazole rings is 1. The third-order valence-electron chi connectivity index (χ3n) is 4.35. The number of aliphatic hydroxyl groups excluding tert-OH is 1. The van der Waals surface area contributed by atoms with E-state index in [1.807, 2.05) is 48.5 Å². The van der Waals surface area contributed by atoms with Crippen LogP contribution in [0.25, 0.3) is 10.3 Å². The van der Waals surface area contributed by atoms with Crippen LogP contribution in [0, 0.1) is 0 Å². The van der Waals surface area contributed by atoms with E-state index < -0.39 is 0 Å². The lowest BCUT2D eigenvalue weighted by Crippen LogP contribution is -2.27. The minimum absolute atomic E-state index is 0.0127. The Kier molecular flexibility index (Phi) is 6.24. The zero-order chi connectivity index (χ0) is 20.1. The minimum atomic E-state index is -0.175. The minimum Gasteiger partial charge on any atom is -0.394 e. The number of benzene rings is 2. The highest BCUT2D eigenvalue weighted by Gasteiger charge is 2.17. The molecule has 0 unspecified atom stereocenters. The molecule has 29 heavy (non-hydrogen) atoms. The first-order valence-corrected chi connectivity index (χ1v) is 11.0. The predicted molar refractivity (Wildman–Crippen MR) is 120 cm³/mol. The van der Waals surface area contributed by atoms with E-state index in [4.69, 9.17) is 10.7 Å². The zero-order valence-corrected chi connectivity index (χ0v) is 17.3. The number of aliphatic hydroxyl groups is 1. The van der Waals surface area contributed by atoms with Gasteiger partial charge in [0.15, 0.2) is 21.8 Å². The topological polar surface area (TPSA) is 97.0 Å². The molecule has 2 aromatic heterocycles. The maximum absolute atomic E-state index is 9.90. The molecule has 4 N–H and O–H groups in total. The van der Waals surface area contributed by atoms with Gasteiger partial charge in [0.1, 0.15) is 4.70 Å². The van der Waals surface area contributed by atoms with Crippen LogP contribution in [0.15, 0.2) is 65.8 Å². The van der Waals surface area contributed by atoms with Crippen LogP contribution in [0.2, 0.25) is 0 Å². The van der Waals surface area contributed by atoms with Crippen molar-refractivity contribution in [1.29, 1.82) is 0 Å². The van der Waals surface area contributed by atoms with Crippen molar-refractivity contribution in [3.63, 3.8) is 0 Å². The fourth-order valence-corrected chi connectivity index (χ4v) is 4.48. The summed E-state index contributed by atoms with van der Waals surface area (Å²) in [5.41, 5.74) is 8.84. The molecule has 1 atom stereocenters. The third-order valence-corrected chi connectivity index (χ3v) is 6.15. The lowest BCUT2D eigenvalue weighted by molar-refractivity contribution is 0.273. The molecule has 0 amide bonds. The molecule has 0 saturated heterocycles. The SMILES string of the molecule is Nc1nc2nc(SCc3ccccc3)nc(N[C@@H](CO)Cc3ccccc3)c2s1. The highest BCUT2D eigenvalue weighted by molar-refractivity contribution is 7.98. The summed E-state index contributed by atoms with van der Waals surface area (Å²) in [6.07, 6.45) is 0.684. The van der Waals surface area contributed by atoms with Crippen LogP contribution in [-0.2, 0) is 12.2 Å². The molecular weight excluding hydrogens is 402 g/mol. The second-order valence-corrected chi connectivity index (χ2v) is 8.52. The van der Waals surface area contributed by atoms with Gasteiger partial charge in [-0.15, -0.1) is 0 Å². The summed E-state index contributed by atoms with van der Waals surface area (Å²) in [7, 11) is 0. The van der Waals surface area contributed by atoms with Crippen molar-refractivity contribution in [3.8, 4) is 0 Å². The van der Waals surface area contributed by atoms with Crippen molar-refractivity contribution in [2.75, 3.05) is 17.7 Å². The van der Waals surface area contributed by atoms with Crippen molar-refractivity contribution in [2.24, 2.45) is 0 Å². The van der Waals surface area contributed by atoms with E-state index in [9.17, 15) is 5.11 Å². The number of hydrogen-bond acceptors (Lipinski definition) is 8. The molecule has 2 aromatic carbocycles. The summed E-state index contributed by atoms with van der Waals surface area (Å²) >= 11 is 2.90. The number of thioether (sulfide) groups is 1. The molecule has 6 nitrogen and oxygen atoms in total. The lowest BCUT2D eigenvalue weighted by atomic mass is 10.1. The van der Waals surface area contributed by atoms with Crippen LogP contribution < -0.4 is 11.1 Å². The molecule has 0 aliphatic rings. The van der Waals surface area contributed by atoms with Crippen LogP contribution in [-0.4, -0.2) is 32.7 Å². The number of nitrogens with one attached hydrogen (secondary N) is 1. The number of fused-ring (bicyclic) bond motifs is 1. The largest absolute Gasteiger partial charge is 0.394 e. The van der Waals surface area contributed by atoms with E-state index in [0.717, 1.165) is 16.0 Å². The molecule has 2 heterocycles. The second-order valence-electron chi connectivity index (χ2n) is 6.55. The van der Waals surface area contributed by atoms with Gasteiger partial charge in [-0.3, -0.25) is 0 Å². The Labute approximate surface area is 177 Å². The molecule has 0 saturated carbocycles. The average Bonchev–Trinajstić information content (AvgIpc) is 3.13. The van der Waals surface area contributed by atoms with E-state index >= 15 is 0 Å². The molecule has 0 spiro atoms. The Morgan fingerprint density at radius 3 is 2.34 bits per heavy atom. The molecule has 4 aromatic rings. The van der Waals surface area contributed by atoms with Gasteiger partial charge in [0.2, 0.25) is 0 Å². The third kappa shape index (κ3) is 5.03. The number of nitrogens with two attached hydrogens (primary N) is 1. The fourth-order valence-electron chi connectivity index (χ4n) is 2.96. The van der Waals surface area contributed by atoms with Crippen molar-refractivity contribution in [3.05, 3.63) is 71.8 Å². The zero-order valence-electron chi connectivity index (χ0n) is 15.7. The maximum atomic E-state index is 9.90. The number of hydrogen-bond donors (Lipinski definition) is 3. The fraction of sp³-hybridized carbons (Fsp3) is 0.190. The first-order valence-electron chi connectivity index (χ1n) is 9.23. The van der Waals surface area contributed by atoms with Gasteiger partial charge >= 0.3 is 0 Å². The Morgan fingerprint density at radius 2 is 1.66 bits per heavy atom. The summed E-state index contributed by atoms with van der Waals surface area (Å²) in [5, 5.41) is 14.4. The first-order chi connectivity index (χ1) is 14.2. The summed E-state index contributed by atoms with van der Waals surface area (Å²) in [5.74, 6) is 1.42. The standard InChI is InChI=1S/C21H21N5OS2/c22-20-24-19-17(29-20)18(23-16(12-27)11-14-7-3-1-4-8-14)25-21(26-19)28-13-15-9-5-2-6-10-15/h1-10,16,27H,11-13H2,(H3,22,23,24,25,26)/t16-/m1/s1. The highest BCUT2D eigenvalue weighted by Crippen LogP contribution is 2.32. The quantitative estimate of drug-likeness (QED) is 0.291. The molecule has 0 fully saturated rings. The highest BCUT2D eigenvalue weighted by atomic mass is 32.2. The molecule has 0 aliphatic heterocycles. The van der Waals surface area contributed by atoms with Crippen molar-refractivity contribution < 1.29 is 5.11 Å². The van der Waals surface area contributed by atoms with Crippen molar-refractivity contribution >= 4 is 44.4 Å². The van der Waals surface area contributed by atoms with E-state index in [2.05, 4.69) is 27.4 Å². The number of nitrogen functional groups attached to an aromatic ring is 1. The van der Waals surface area contributed by atoms with Crippen LogP contribution in [0.4, 0.5) is 10.9 Å². The Morgan fingerprint density at radius 1 is 0.966 bits per heavy atom. The van der Waals surface area contributed by atoms with Crippen LogP contribution >= 0.6 is 23.1 Å². The molecule has 4 rings (SSSR count). The van der Waals surface area contributed by atoms with Crippen molar-refractivity contribution in [1.82, 2.24) is 15.0 Å². The number of rotatable bonds is 8. The van der Waals surface area contributed by atoms with Crippen LogP contribution in [0.3, 0.4) is 0 Å². The van der Waals surface area contributed by atoms with E-state index in [1.54, 1.807) is 11.8 Å². The normalized spacial score (nSPS) is 12.2. The first kappa shape index (κ1) is 19.6. The molecule has 0 radical (unpaired) electrons. The summed E-state index contributed by atoms with van der Waals surface area (Å²) in [4.78, 5) is 13.6. The maximum Gasteiger partial charge on any atom is 0.191 e. The van der Waals surface area contributed by atoms with Gasteiger partial charge in [-0.05, 0) is 17.5 Å². The lowest BCUT2D eigenvalue weighted by Gasteiger charge is -2.17. The number of aromatic nitrogens is 3.